The minimum Gasteiger partial charge on any atom is -0.326 e. The summed E-state index contributed by atoms with van der Waals surface area (Å²) in [7, 11) is -3.42. The van der Waals surface area contributed by atoms with Crippen LogP contribution in [0.3, 0.4) is 0 Å². The van der Waals surface area contributed by atoms with Gasteiger partial charge in [-0.2, -0.15) is 11.8 Å². The topological polar surface area (TPSA) is 72.2 Å². The first-order chi connectivity index (χ1) is 8.22. The molecule has 0 saturated heterocycles. The van der Waals surface area contributed by atoms with Crippen molar-refractivity contribution in [1.82, 2.24) is 4.72 Å². The number of sulfonamides is 1. The van der Waals surface area contributed by atoms with Gasteiger partial charge in [-0.05, 0) is 38.7 Å². The molecule has 1 rings (SSSR count). The van der Waals surface area contributed by atoms with Crippen LogP contribution in [0.1, 0.15) is 24.3 Å². The Hall–Kier alpha value is -0.0800. The van der Waals surface area contributed by atoms with E-state index >= 15 is 0 Å². The molecule has 0 unspecified atom stereocenters. The van der Waals surface area contributed by atoms with Gasteiger partial charge in [-0.15, -0.1) is 11.3 Å². The lowest BCUT2D eigenvalue weighted by Gasteiger charge is -2.21. The van der Waals surface area contributed by atoms with Gasteiger partial charge in [-0.3, -0.25) is 0 Å². The molecule has 0 spiro atoms. The Bertz CT molecular complexity index is 506. The van der Waals surface area contributed by atoms with Crippen LogP contribution in [0.4, 0.5) is 0 Å². The number of thioether (sulfide) groups is 1. The van der Waals surface area contributed by atoms with E-state index in [-0.39, 0.29) is 4.75 Å². The number of nitrogens with one attached hydrogen (secondary N) is 1. The molecule has 1 aromatic rings. The molecular formula is C11H20N2O2S3. The molecule has 0 bridgehead atoms. The van der Waals surface area contributed by atoms with Crippen LogP contribution in [0.15, 0.2) is 10.3 Å². The lowest BCUT2D eigenvalue weighted by molar-refractivity contribution is 0.572. The van der Waals surface area contributed by atoms with E-state index in [0.717, 1.165) is 10.4 Å². The van der Waals surface area contributed by atoms with Crippen LogP contribution in [0.25, 0.3) is 0 Å². The first-order valence-corrected chi connectivity index (χ1v) is 9.08. The van der Waals surface area contributed by atoms with E-state index in [2.05, 4.69) is 4.72 Å². The fraction of sp³-hybridized carbons (Fsp3) is 0.636. The Kier molecular flexibility index (Phi) is 5.25. The highest BCUT2D eigenvalue weighted by molar-refractivity contribution is 8.00. The predicted octanol–water partition coefficient (Wildman–Crippen LogP) is 1.94. The van der Waals surface area contributed by atoms with Crippen molar-refractivity contribution in [2.24, 2.45) is 5.73 Å². The maximum atomic E-state index is 12.1. The number of nitrogens with two attached hydrogens (primary N) is 1. The van der Waals surface area contributed by atoms with Gasteiger partial charge in [-0.25, -0.2) is 13.1 Å². The maximum absolute atomic E-state index is 12.1. The summed E-state index contributed by atoms with van der Waals surface area (Å²) in [4.78, 5) is 0.916. The largest absolute Gasteiger partial charge is 0.326 e. The Morgan fingerprint density at radius 1 is 1.50 bits per heavy atom. The normalized spacial score (nSPS) is 12.9. The van der Waals surface area contributed by atoms with Crippen molar-refractivity contribution in [3.05, 3.63) is 16.5 Å². The molecule has 3 N–H and O–H groups in total. The summed E-state index contributed by atoms with van der Waals surface area (Å²) in [5.74, 6) is 0. The minimum absolute atomic E-state index is 0.115. The molecule has 1 aromatic heterocycles. The third-order valence-electron chi connectivity index (χ3n) is 2.69. The lowest BCUT2D eigenvalue weighted by atomic mass is 10.2. The number of hydrogen-bond donors (Lipinski definition) is 2. The highest BCUT2D eigenvalue weighted by Crippen LogP contribution is 2.26. The average Bonchev–Trinajstić information content (AvgIpc) is 2.69. The molecule has 7 heteroatoms. The molecule has 18 heavy (non-hydrogen) atoms. The van der Waals surface area contributed by atoms with Crippen molar-refractivity contribution in [2.45, 2.75) is 36.3 Å². The summed E-state index contributed by atoms with van der Waals surface area (Å²) >= 11 is 2.87. The third kappa shape index (κ3) is 3.96. The van der Waals surface area contributed by atoms with E-state index in [1.165, 1.54) is 11.3 Å². The molecule has 0 amide bonds. The standard InChI is InChI=1S/C11H20N2O2S3/c1-8-5-10(17-9(8)6-12)18(14,15)13-7-11(2,3)16-4/h5,13H,6-7,12H2,1-4H3. The molecule has 1 heterocycles. The third-order valence-corrected chi connectivity index (χ3v) is 7.07. The zero-order chi connectivity index (χ0) is 14.0. The molecule has 4 nitrogen and oxygen atoms in total. The highest BCUT2D eigenvalue weighted by atomic mass is 32.2. The molecule has 0 saturated carbocycles. The summed E-state index contributed by atoms with van der Waals surface area (Å²) < 4.78 is 27.1. The minimum atomic E-state index is -3.42. The van der Waals surface area contributed by atoms with Gasteiger partial charge < -0.3 is 5.73 Å². The first-order valence-electron chi connectivity index (χ1n) is 5.56. The summed E-state index contributed by atoms with van der Waals surface area (Å²) in [6, 6.07) is 1.68. The Morgan fingerprint density at radius 3 is 2.56 bits per heavy atom. The predicted molar refractivity (Wildman–Crippen MR) is 79.7 cm³/mol. The number of aryl methyl sites for hydroxylation is 1. The van der Waals surface area contributed by atoms with E-state index in [1.54, 1.807) is 17.8 Å². The van der Waals surface area contributed by atoms with Gasteiger partial charge in [0.2, 0.25) is 10.0 Å². The van der Waals surface area contributed by atoms with Gasteiger partial charge in [-0.1, -0.05) is 0 Å². The monoisotopic (exact) mass is 308 g/mol. The maximum Gasteiger partial charge on any atom is 0.250 e. The van der Waals surface area contributed by atoms with Gasteiger partial charge in [0.25, 0.3) is 0 Å². The van der Waals surface area contributed by atoms with Gasteiger partial charge in [0.15, 0.2) is 0 Å². The summed E-state index contributed by atoms with van der Waals surface area (Å²) in [6.07, 6.45) is 1.97. The van der Waals surface area contributed by atoms with E-state index in [0.29, 0.717) is 17.3 Å². The van der Waals surface area contributed by atoms with E-state index in [4.69, 9.17) is 5.73 Å². The van der Waals surface area contributed by atoms with Crippen molar-refractivity contribution in [2.75, 3.05) is 12.8 Å². The van der Waals surface area contributed by atoms with Crippen LogP contribution in [0, 0.1) is 6.92 Å². The second-order valence-electron chi connectivity index (χ2n) is 4.66. The van der Waals surface area contributed by atoms with Crippen molar-refractivity contribution < 1.29 is 8.42 Å². The second kappa shape index (κ2) is 5.92. The van der Waals surface area contributed by atoms with E-state index in [1.807, 2.05) is 27.0 Å². The molecule has 0 aliphatic heterocycles. The number of hydrogen-bond acceptors (Lipinski definition) is 5. The molecular weight excluding hydrogens is 288 g/mol. The van der Waals surface area contributed by atoms with Gasteiger partial charge in [0.05, 0.1) is 0 Å². The summed E-state index contributed by atoms with van der Waals surface area (Å²) in [5, 5.41) is 0. The molecule has 0 atom stereocenters. The fourth-order valence-corrected chi connectivity index (χ4v) is 4.27. The number of thiophene rings is 1. The molecule has 0 radical (unpaired) electrons. The fourth-order valence-electron chi connectivity index (χ4n) is 1.24. The van der Waals surface area contributed by atoms with Crippen LogP contribution < -0.4 is 10.5 Å². The molecule has 0 aromatic carbocycles. The summed E-state index contributed by atoms with van der Waals surface area (Å²) in [6.45, 7) is 6.67. The van der Waals surface area contributed by atoms with Crippen LogP contribution in [0.5, 0.6) is 0 Å². The smallest absolute Gasteiger partial charge is 0.250 e. The van der Waals surface area contributed by atoms with E-state index < -0.39 is 10.0 Å². The highest BCUT2D eigenvalue weighted by Gasteiger charge is 2.23. The van der Waals surface area contributed by atoms with Crippen LogP contribution >= 0.6 is 23.1 Å². The van der Waals surface area contributed by atoms with Crippen molar-refractivity contribution >= 4 is 33.1 Å². The van der Waals surface area contributed by atoms with Crippen molar-refractivity contribution in [3.8, 4) is 0 Å². The lowest BCUT2D eigenvalue weighted by Crippen LogP contribution is -2.35. The zero-order valence-corrected chi connectivity index (χ0v) is 13.6. The van der Waals surface area contributed by atoms with Crippen molar-refractivity contribution in [1.29, 1.82) is 0 Å². The molecule has 0 fully saturated rings. The molecule has 104 valence electrons. The van der Waals surface area contributed by atoms with E-state index in [9.17, 15) is 8.42 Å². The van der Waals surface area contributed by atoms with Gasteiger partial charge >= 0.3 is 0 Å². The van der Waals surface area contributed by atoms with Crippen LogP contribution in [0.2, 0.25) is 0 Å². The van der Waals surface area contributed by atoms with Crippen LogP contribution in [-0.2, 0) is 16.6 Å². The summed E-state index contributed by atoms with van der Waals surface area (Å²) in [5.41, 5.74) is 6.50. The second-order valence-corrected chi connectivity index (χ2v) is 9.31. The molecule has 0 aliphatic carbocycles. The first kappa shape index (κ1) is 16.0. The Labute approximate surface area is 117 Å². The zero-order valence-electron chi connectivity index (χ0n) is 11.1. The number of rotatable bonds is 6. The quantitative estimate of drug-likeness (QED) is 0.842. The van der Waals surface area contributed by atoms with Crippen molar-refractivity contribution in [3.63, 3.8) is 0 Å². The Balaban J connectivity index is 2.86. The SMILES string of the molecule is CSC(C)(C)CNS(=O)(=O)c1cc(C)c(CN)s1. The van der Waals surface area contributed by atoms with Gasteiger partial charge in [0.1, 0.15) is 4.21 Å². The average molecular weight is 308 g/mol. The van der Waals surface area contributed by atoms with Gasteiger partial charge in [0, 0.05) is 22.7 Å². The Morgan fingerprint density at radius 2 is 2.11 bits per heavy atom. The molecule has 0 aliphatic rings. The van der Waals surface area contributed by atoms with Crippen LogP contribution in [-0.4, -0.2) is 26.0 Å².